The minimum absolute atomic E-state index is 0.602. The number of rotatable bonds is 4. The molecule has 0 radical (unpaired) electrons. The van der Waals surface area contributed by atoms with Gasteiger partial charge in [0.25, 0.3) is 0 Å². The van der Waals surface area contributed by atoms with Gasteiger partial charge in [0.1, 0.15) is 0 Å². The van der Waals surface area contributed by atoms with Crippen LogP contribution in [-0.2, 0) is 4.43 Å². The summed E-state index contributed by atoms with van der Waals surface area (Å²) in [5.41, 5.74) is 1.20. The standard InChI is InChI=1S/C13H22OSi/c1-11(2)15(14-5,12(3)4)13-9-7-6-8-10-13/h6-12H,1-5H3. The van der Waals surface area contributed by atoms with Gasteiger partial charge in [-0.05, 0) is 16.3 Å². The minimum atomic E-state index is -1.80. The second kappa shape index (κ2) is 4.95. The molecule has 2 heteroatoms. The summed E-state index contributed by atoms with van der Waals surface area (Å²) >= 11 is 0. The van der Waals surface area contributed by atoms with Crippen LogP contribution in [0.15, 0.2) is 30.3 Å². The van der Waals surface area contributed by atoms with Crippen LogP contribution in [0.3, 0.4) is 0 Å². The first-order chi connectivity index (χ1) is 7.05. The van der Waals surface area contributed by atoms with Crippen LogP contribution in [0.1, 0.15) is 27.7 Å². The van der Waals surface area contributed by atoms with E-state index in [1.54, 1.807) is 0 Å². The summed E-state index contributed by atoms with van der Waals surface area (Å²) in [5.74, 6) is 0. The van der Waals surface area contributed by atoms with Crippen LogP contribution in [-0.4, -0.2) is 15.4 Å². The fraction of sp³-hybridized carbons (Fsp3) is 0.538. The van der Waals surface area contributed by atoms with Crippen LogP contribution in [0, 0.1) is 0 Å². The molecule has 0 unspecified atom stereocenters. The van der Waals surface area contributed by atoms with Crippen LogP contribution in [0.5, 0.6) is 0 Å². The summed E-state index contributed by atoms with van der Waals surface area (Å²) in [6, 6.07) is 10.7. The lowest BCUT2D eigenvalue weighted by molar-refractivity contribution is 0.385. The van der Waals surface area contributed by atoms with Gasteiger partial charge in [-0.15, -0.1) is 0 Å². The third-order valence-electron chi connectivity index (χ3n) is 3.28. The second-order valence-corrected chi connectivity index (χ2v) is 9.55. The molecular weight excluding hydrogens is 200 g/mol. The molecule has 1 aromatic rings. The van der Waals surface area contributed by atoms with E-state index in [0.717, 1.165) is 0 Å². The van der Waals surface area contributed by atoms with Crippen molar-refractivity contribution in [1.29, 1.82) is 0 Å². The summed E-state index contributed by atoms with van der Waals surface area (Å²) in [4.78, 5) is 0. The Morgan fingerprint density at radius 2 is 1.40 bits per heavy atom. The van der Waals surface area contributed by atoms with Gasteiger partial charge >= 0.3 is 0 Å². The van der Waals surface area contributed by atoms with E-state index in [1.165, 1.54) is 5.19 Å². The normalized spacial score (nSPS) is 12.5. The molecule has 84 valence electrons. The Morgan fingerprint density at radius 1 is 0.933 bits per heavy atom. The van der Waals surface area contributed by atoms with Crippen molar-refractivity contribution < 1.29 is 4.43 Å². The van der Waals surface area contributed by atoms with Crippen LogP contribution >= 0.6 is 0 Å². The van der Waals surface area contributed by atoms with Crippen LogP contribution in [0.25, 0.3) is 0 Å². The molecule has 0 aromatic heterocycles. The van der Waals surface area contributed by atoms with E-state index in [0.29, 0.717) is 11.1 Å². The molecule has 0 saturated carbocycles. The lowest BCUT2D eigenvalue weighted by Crippen LogP contribution is -2.55. The van der Waals surface area contributed by atoms with E-state index in [4.69, 9.17) is 4.43 Å². The van der Waals surface area contributed by atoms with E-state index in [9.17, 15) is 0 Å². The molecule has 0 atom stereocenters. The van der Waals surface area contributed by atoms with Crippen molar-refractivity contribution in [3.05, 3.63) is 30.3 Å². The van der Waals surface area contributed by atoms with E-state index >= 15 is 0 Å². The van der Waals surface area contributed by atoms with E-state index in [2.05, 4.69) is 58.0 Å². The van der Waals surface area contributed by atoms with Gasteiger partial charge in [-0.1, -0.05) is 58.0 Å². The Kier molecular flexibility index (Phi) is 4.11. The van der Waals surface area contributed by atoms with Crippen molar-refractivity contribution in [2.24, 2.45) is 0 Å². The van der Waals surface area contributed by atoms with E-state index in [1.807, 2.05) is 7.11 Å². The zero-order chi connectivity index (χ0) is 11.5. The third kappa shape index (κ3) is 2.16. The highest BCUT2D eigenvalue weighted by molar-refractivity contribution is 6.88. The molecule has 0 aliphatic heterocycles. The maximum absolute atomic E-state index is 5.99. The molecule has 1 rings (SSSR count). The van der Waals surface area contributed by atoms with Crippen LogP contribution < -0.4 is 5.19 Å². The zero-order valence-electron chi connectivity index (χ0n) is 10.4. The molecule has 0 aliphatic rings. The van der Waals surface area contributed by atoms with Gasteiger partial charge in [-0.25, -0.2) is 0 Å². The Balaban J connectivity index is 3.22. The second-order valence-electron chi connectivity index (χ2n) is 4.67. The highest BCUT2D eigenvalue weighted by atomic mass is 28.4. The average molecular weight is 222 g/mol. The smallest absolute Gasteiger partial charge is 0.228 e. The van der Waals surface area contributed by atoms with Gasteiger partial charge in [-0.2, -0.15) is 0 Å². The van der Waals surface area contributed by atoms with Gasteiger partial charge in [0.05, 0.1) is 0 Å². The van der Waals surface area contributed by atoms with Crippen LogP contribution in [0.2, 0.25) is 11.1 Å². The van der Waals surface area contributed by atoms with Crippen molar-refractivity contribution in [1.82, 2.24) is 0 Å². The summed E-state index contributed by atoms with van der Waals surface area (Å²) in [7, 11) is 0.0739. The summed E-state index contributed by atoms with van der Waals surface area (Å²) in [5, 5.41) is 1.41. The highest BCUT2D eigenvalue weighted by Crippen LogP contribution is 2.32. The predicted octanol–water partition coefficient (Wildman–Crippen LogP) is 3.31. The first-order valence-electron chi connectivity index (χ1n) is 5.66. The Bertz CT molecular complexity index is 285. The summed E-state index contributed by atoms with van der Waals surface area (Å²) in [6.07, 6.45) is 0. The Hall–Kier alpha value is -0.603. The largest absolute Gasteiger partial charge is 0.415 e. The molecule has 0 N–H and O–H groups in total. The molecule has 0 bridgehead atoms. The average Bonchev–Trinajstić information content (AvgIpc) is 2.20. The fourth-order valence-corrected chi connectivity index (χ4v) is 7.18. The maximum Gasteiger partial charge on any atom is 0.228 e. The van der Waals surface area contributed by atoms with E-state index in [-0.39, 0.29) is 0 Å². The first-order valence-corrected chi connectivity index (χ1v) is 7.72. The van der Waals surface area contributed by atoms with Gasteiger partial charge < -0.3 is 4.43 Å². The van der Waals surface area contributed by atoms with Gasteiger partial charge in [0.15, 0.2) is 0 Å². The number of hydrogen-bond donors (Lipinski definition) is 0. The lowest BCUT2D eigenvalue weighted by atomic mass is 10.4. The molecule has 0 fully saturated rings. The Morgan fingerprint density at radius 3 is 1.73 bits per heavy atom. The Labute approximate surface area is 94.6 Å². The molecule has 15 heavy (non-hydrogen) atoms. The molecule has 1 aromatic carbocycles. The van der Waals surface area contributed by atoms with Crippen molar-refractivity contribution in [2.75, 3.05) is 7.11 Å². The van der Waals surface area contributed by atoms with Gasteiger partial charge in [0.2, 0.25) is 8.32 Å². The molecule has 0 saturated heterocycles. The van der Waals surface area contributed by atoms with Gasteiger partial charge in [0, 0.05) is 7.11 Å². The van der Waals surface area contributed by atoms with Crippen molar-refractivity contribution >= 4 is 13.5 Å². The summed E-state index contributed by atoms with van der Waals surface area (Å²) < 4.78 is 5.99. The monoisotopic (exact) mass is 222 g/mol. The third-order valence-corrected chi connectivity index (χ3v) is 8.62. The molecule has 0 aliphatic carbocycles. The van der Waals surface area contributed by atoms with Crippen molar-refractivity contribution in [3.63, 3.8) is 0 Å². The molecule has 0 heterocycles. The maximum atomic E-state index is 5.99. The topological polar surface area (TPSA) is 9.23 Å². The summed E-state index contributed by atoms with van der Waals surface area (Å²) in [6.45, 7) is 9.12. The molecule has 0 amide bonds. The van der Waals surface area contributed by atoms with Gasteiger partial charge in [-0.3, -0.25) is 0 Å². The lowest BCUT2D eigenvalue weighted by Gasteiger charge is -2.37. The minimum Gasteiger partial charge on any atom is -0.415 e. The SMILES string of the molecule is CO[Si](c1ccccc1)(C(C)C)C(C)C. The van der Waals surface area contributed by atoms with Crippen molar-refractivity contribution in [2.45, 2.75) is 38.8 Å². The highest BCUT2D eigenvalue weighted by Gasteiger charge is 2.42. The van der Waals surface area contributed by atoms with E-state index < -0.39 is 8.32 Å². The molecule has 0 spiro atoms. The molecule has 1 nitrogen and oxygen atoms in total. The number of benzene rings is 1. The predicted molar refractivity (Wildman–Crippen MR) is 69.0 cm³/mol. The molecular formula is C13H22OSi. The quantitative estimate of drug-likeness (QED) is 0.710. The number of hydrogen-bond acceptors (Lipinski definition) is 1. The van der Waals surface area contributed by atoms with Crippen LogP contribution in [0.4, 0.5) is 0 Å². The zero-order valence-corrected chi connectivity index (χ0v) is 11.4. The first kappa shape index (κ1) is 12.5. The fourth-order valence-electron chi connectivity index (χ4n) is 2.62. The van der Waals surface area contributed by atoms with Crippen molar-refractivity contribution in [3.8, 4) is 0 Å².